The van der Waals surface area contributed by atoms with Gasteiger partial charge in [0.1, 0.15) is 0 Å². The summed E-state index contributed by atoms with van der Waals surface area (Å²) in [5, 5.41) is 2.60. The molecule has 10 heteroatoms. The van der Waals surface area contributed by atoms with Gasteiger partial charge in [-0.25, -0.2) is 13.4 Å². The molecule has 1 aliphatic heterocycles. The van der Waals surface area contributed by atoms with Crippen LogP contribution in [0, 0.1) is 0 Å². The third-order valence-corrected chi connectivity index (χ3v) is 6.24. The summed E-state index contributed by atoms with van der Waals surface area (Å²) in [5.41, 5.74) is 7.26. The van der Waals surface area contributed by atoms with Crippen LogP contribution in [0.5, 0.6) is 0 Å². The van der Waals surface area contributed by atoms with E-state index in [1.165, 1.54) is 4.40 Å². The maximum Gasteiger partial charge on any atom is 0.276 e. The Bertz CT molecular complexity index is 1280. The van der Waals surface area contributed by atoms with E-state index < -0.39 is 21.7 Å². The fraction of sp³-hybridized carbons (Fsp3) is 0.286. The number of aromatic nitrogens is 2. The molecular weight excluding hydrogens is 418 g/mol. The smallest absolute Gasteiger partial charge is 0.276 e. The number of nitrogens with one attached hydrogen (secondary N) is 1. The third-order valence-electron chi connectivity index (χ3n) is 5.29. The van der Waals surface area contributed by atoms with Gasteiger partial charge < -0.3 is 16.0 Å². The van der Waals surface area contributed by atoms with Crippen LogP contribution in [0.4, 0.5) is 11.4 Å². The van der Waals surface area contributed by atoms with E-state index in [0.29, 0.717) is 11.2 Å². The molecule has 0 spiro atoms. The molecule has 1 fully saturated rings. The number of hydrogen-bond donors (Lipinski definition) is 2. The molecule has 0 saturated carbocycles. The fourth-order valence-corrected chi connectivity index (χ4v) is 4.59. The highest BCUT2D eigenvalue weighted by molar-refractivity contribution is 7.90. The lowest BCUT2D eigenvalue weighted by Gasteiger charge is -2.30. The molecule has 31 heavy (non-hydrogen) atoms. The lowest BCUT2D eigenvalue weighted by molar-refractivity contribution is 0.0995. The van der Waals surface area contributed by atoms with E-state index in [-0.39, 0.29) is 16.4 Å². The first-order valence-electron chi connectivity index (χ1n) is 9.93. The first kappa shape index (κ1) is 20.9. The number of fused-ring (bicyclic) bond motifs is 1. The van der Waals surface area contributed by atoms with Crippen LogP contribution in [-0.2, 0) is 9.84 Å². The topological polar surface area (TPSA) is 127 Å². The number of imidazole rings is 1. The molecule has 2 aromatic heterocycles. The van der Waals surface area contributed by atoms with Crippen LogP contribution < -0.4 is 16.0 Å². The Morgan fingerprint density at radius 2 is 1.84 bits per heavy atom. The zero-order valence-corrected chi connectivity index (χ0v) is 17.9. The Labute approximate surface area is 179 Å². The molecule has 0 radical (unpaired) electrons. The monoisotopic (exact) mass is 441 g/mol. The van der Waals surface area contributed by atoms with Crippen molar-refractivity contribution in [2.24, 2.45) is 5.73 Å². The van der Waals surface area contributed by atoms with Gasteiger partial charge in [0.15, 0.2) is 5.69 Å². The number of carbonyl (C=O) groups is 2. The number of pyridine rings is 1. The first-order chi connectivity index (χ1) is 14.8. The molecular formula is C21H23N5O4S. The molecule has 3 heterocycles. The second kappa shape index (κ2) is 8.03. The van der Waals surface area contributed by atoms with Gasteiger partial charge in [-0.05, 0) is 49.6 Å². The van der Waals surface area contributed by atoms with Gasteiger partial charge in [0.2, 0.25) is 20.9 Å². The largest absolute Gasteiger partial charge is 0.370 e. The van der Waals surface area contributed by atoms with Crippen molar-refractivity contribution >= 4 is 38.5 Å². The highest BCUT2D eigenvalue weighted by Crippen LogP contribution is 2.30. The first-order valence-corrected chi connectivity index (χ1v) is 11.8. The molecule has 1 aliphatic rings. The van der Waals surface area contributed by atoms with Crippen molar-refractivity contribution in [3.63, 3.8) is 0 Å². The number of benzene rings is 1. The number of primary amides is 1. The maximum absolute atomic E-state index is 13.2. The zero-order chi connectivity index (χ0) is 22.2. The summed E-state index contributed by atoms with van der Waals surface area (Å²) in [6.45, 7) is 1.68. The van der Waals surface area contributed by atoms with E-state index in [4.69, 9.17) is 5.73 Å². The van der Waals surface area contributed by atoms with Crippen molar-refractivity contribution in [1.82, 2.24) is 9.38 Å². The summed E-state index contributed by atoms with van der Waals surface area (Å²) >= 11 is 0. The standard InChI is InChI=1S/C21H23N5O4S/c1-31(29,30)21-24-18(17-7-3-6-12-26(17)21)20(28)23-15-13-14(19(22)27)8-9-16(15)25-10-4-2-5-11-25/h3,6-9,12-13H,2,4-5,10-11H2,1H3,(H2,22,27)(H,23,28). The molecule has 0 aliphatic carbocycles. The van der Waals surface area contributed by atoms with Gasteiger partial charge in [0, 0.05) is 31.1 Å². The Kier molecular flexibility index (Phi) is 5.40. The Hall–Kier alpha value is -3.40. The van der Waals surface area contributed by atoms with Crippen molar-refractivity contribution in [2.45, 2.75) is 24.4 Å². The average Bonchev–Trinajstić information content (AvgIpc) is 3.15. The van der Waals surface area contributed by atoms with Gasteiger partial charge in [-0.2, -0.15) is 0 Å². The van der Waals surface area contributed by atoms with Gasteiger partial charge in [-0.1, -0.05) is 6.07 Å². The van der Waals surface area contributed by atoms with Gasteiger partial charge >= 0.3 is 0 Å². The number of nitrogens with zero attached hydrogens (tertiary/aromatic N) is 3. The van der Waals surface area contributed by atoms with Gasteiger partial charge in [-0.3, -0.25) is 14.0 Å². The minimum absolute atomic E-state index is 0.0184. The molecule has 3 aromatic rings. The van der Waals surface area contributed by atoms with E-state index in [9.17, 15) is 18.0 Å². The van der Waals surface area contributed by atoms with E-state index in [1.807, 2.05) is 0 Å². The highest BCUT2D eigenvalue weighted by atomic mass is 32.2. The molecule has 9 nitrogen and oxygen atoms in total. The molecule has 0 atom stereocenters. The Balaban J connectivity index is 1.76. The van der Waals surface area contributed by atoms with Crippen molar-refractivity contribution in [3.8, 4) is 0 Å². The normalized spacial score (nSPS) is 14.5. The summed E-state index contributed by atoms with van der Waals surface area (Å²) in [7, 11) is -3.66. The minimum Gasteiger partial charge on any atom is -0.370 e. The number of nitrogens with two attached hydrogens (primary N) is 1. The van der Waals surface area contributed by atoms with Crippen LogP contribution in [0.2, 0.25) is 0 Å². The predicted molar refractivity (Wildman–Crippen MR) is 117 cm³/mol. The van der Waals surface area contributed by atoms with Crippen molar-refractivity contribution in [2.75, 3.05) is 29.6 Å². The fourth-order valence-electron chi connectivity index (χ4n) is 3.82. The number of piperidine rings is 1. The lowest BCUT2D eigenvalue weighted by Crippen LogP contribution is -2.30. The number of rotatable bonds is 5. The number of hydrogen-bond acceptors (Lipinski definition) is 6. The van der Waals surface area contributed by atoms with Crippen LogP contribution in [-0.4, -0.2) is 49.0 Å². The second-order valence-corrected chi connectivity index (χ2v) is 9.48. The second-order valence-electron chi connectivity index (χ2n) is 7.57. The summed E-state index contributed by atoms with van der Waals surface area (Å²) in [5.74, 6) is -1.18. The molecule has 0 bridgehead atoms. The van der Waals surface area contributed by atoms with Crippen molar-refractivity contribution < 1.29 is 18.0 Å². The van der Waals surface area contributed by atoms with Crippen LogP contribution in [0.25, 0.3) is 5.52 Å². The summed E-state index contributed by atoms with van der Waals surface area (Å²) in [6.07, 6.45) is 5.80. The number of amides is 2. The molecule has 1 saturated heterocycles. The summed E-state index contributed by atoms with van der Waals surface area (Å²) < 4.78 is 25.7. The van der Waals surface area contributed by atoms with E-state index in [0.717, 1.165) is 44.3 Å². The van der Waals surface area contributed by atoms with Crippen LogP contribution in [0.3, 0.4) is 0 Å². The minimum atomic E-state index is -3.66. The Morgan fingerprint density at radius 1 is 1.10 bits per heavy atom. The van der Waals surface area contributed by atoms with Gasteiger partial charge in [-0.15, -0.1) is 0 Å². The molecule has 2 amide bonds. The van der Waals surface area contributed by atoms with Crippen molar-refractivity contribution in [3.05, 3.63) is 53.9 Å². The highest BCUT2D eigenvalue weighted by Gasteiger charge is 2.24. The number of anilines is 2. The summed E-state index contributed by atoms with van der Waals surface area (Å²) in [4.78, 5) is 31.1. The van der Waals surface area contributed by atoms with Crippen LogP contribution in [0.15, 0.2) is 47.8 Å². The lowest BCUT2D eigenvalue weighted by atomic mass is 10.1. The van der Waals surface area contributed by atoms with Crippen molar-refractivity contribution in [1.29, 1.82) is 0 Å². The molecule has 4 rings (SSSR count). The van der Waals surface area contributed by atoms with Crippen LogP contribution >= 0.6 is 0 Å². The average molecular weight is 442 g/mol. The zero-order valence-electron chi connectivity index (χ0n) is 17.0. The quantitative estimate of drug-likeness (QED) is 0.624. The Morgan fingerprint density at radius 3 is 2.52 bits per heavy atom. The van der Waals surface area contributed by atoms with E-state index in [1.54, 1.807) is 42.6 Å². The SMILES string of the molecule is CS(=O)(=O)c1nc(C(=O)Nc2cc(C(N)=O)ccc2N2CCCCC2)c2ccccn12. The number of sulfone groups is 1. The molecule has 162 valence electrons. The molecule has 1 aromatic carbocycles. The van der Waals surface area contributed by atoms with Gasteiger partial charge in [0.25, 0.3) is 5.91 Å². The summed E-state index contributed by atoms with van der Waals surface area (Å²) in [6, 6.07) is 9.94. The van der Waals surface area contributed by atoms with E-state index >= 15 is 0 Å². The number of carbonyl (C=O) groups excluding carboxylic acids is 2. The predicted octanol–water partition coefficient (Wildman–Crippen LogP) is 2.08. The maximum atomic E-state index is 13.2. The van der Waals surface area contributed by atoms with E-state index in [2.05, 4.69) is 15.2 Å². The van der Waals surface area contributed by atoms with Gasteiger partial charge in [0.05, 0.1) is 16.9 Å². The molecule has 3 N–H and O–H groups in total. The molecule has 0 unspecified atom stereocenters. The van der Waals surface area contributed by atoms with Crippen LogP contribution in [0.1, 0.15) is 40.1 Å². The third kappa shape index (κ3) is 4.11.